The molecule has 192 valence electrons. The maximum Gasteiger partial charge on any atom is 0.325 e. The molecule has 0 saturated carbocycles. The van der Waals surface area contributed by atoms with Gasteiger partial charge in [-0.1, -0.05) is 48.0 Å². The van der Waals surface area contributed by atoms with E-state index in [0.29, 0.717) is 36.5 Å². The van der Waals surface area contributed by atoms with Crippen LogP contribution in [0.2, 0.25) is 5.02 Å². The van der Waals surface area contributed by atoms with Gasteiger partial charge < -0.3 is 15.2 Å². The second kappa shape index (κ2) is 10.3. The van der Waals surface area contributed by atoms with E-state index in [9.17, 15) is 19.5 Å². The van der Waals surface area contributed by atoms with Crippen LogP contribution in [-0.2, 0) is 31.1 Å². The van der Waals surface area contributed by atoms with Crippen LogP contribution >= 0.6 is 11.6 Å². The Morgan fingerprint density at radius 2 is 1.81 bits per heavy atom. The van der Waals surface area contributed by atoms with Crippen molar-refractivity contribution >= 4 is 29.3 Å². The number of hydrogen-bond acceptors (Lipinski definition) is 6. The molecule has 1 heterocycles. The summed E-state index contributed by atoms with van der Waals surface area (Å²) < 4.78 is 5.25. The van der Waals surface area contributed by atoms with Crippen molar-refractivity contribution in [3.63, 3.8) is 0 Å². The lowest BCUT2D eigenvalue weighted by molar-refractivity contribution is -0.156. The van der Waals surface area contributed by atoms with Gasteiger partial charge in [0.2, 0.25) is 5.91 Å². The van der Waals surface area contributed by atoms with E-state index in [1.54, 1.807) is 39.0 Å². The molecule has 1 saturated heterocycles. The number of aliphatic hydroxyl groups excluding tert-OH is 1. The van der Waals surface area contributed by atoms with E-state index in [1.807, 2.05) is 18.2 Å². The third kappa shape index (κ3) is 5.48. The van der Waals surface area contributed by atoms with Gasteiger partial charge >= 0.3 is 5.97 Å². The van der Waals surface area contributed by atoms with Crippen molar-refractivity contribution in [2.45, 2.75) is 57.3 Å². The lowest BCUT2D eigenvalue weighted by atomic mass is 9.59. The first-order valence-electron chi connectivity index (χ1n) is 12.3. The van der Waals surface area contributed by atoms with Crippen LogP contribution in [-0.4, -0.2) is 52.9 Å². The second-order valence-corrected chi connectivity index (χ2v) is 11.1. The first kappa shape index (κ1) is 26.3. The Labute approximate surface area is 216 Å². The minimum atomic E-state index is -1.35. The number of halogens is 1. The Morgan fingerprint density at radius 3 is 2.44 bits per heavy atom. The Morgan fingerprint density at radius 1 is 1.14 bits per heavy atom. The molecular weight excluding hydrogens is 480 g/mol. The molecule has 0 aromatic heterocycles. The van der Waals surface area contributed by atoms with Crippen molar-refractivity contribution in [1.82, 2.24) is 10.2 Å². The summed E-state index contributed by atoms with van der Waals surface area (Å²) in [5.41, 5.74) is 0.830. The highest BCUT2D eigenvalue weighted by atomic mass is 35.5. The van der Waals surface area contributed by atoms with Gasteiger partial charge in [-0.2, -0.15) is 0 Å². The molecule has 1 fully saturated rings. The molecule has 2 N–H and O–H groups in total. The molecule has 0 radical (unpaired) electrons. The van der Waals surface area contributed by atoms with E-state index < -0.39 is 34.9 Å². The number of likely N-dealkylation sites (tertiary alicyclic amines) is 1. The Bertz CT molecular complexity index is 1140. The molecule has 1 amide bonds. The molecule has 1 aliphatic heterocycles. The fraction of sp³-hybridized carbons (Fsp3) is 0.464. The lowest BCUT2D eigenvalue weighted by Gasteiger charge is -2.47. The largest absolute Gasteiger partial charge is 0.459 e. The monoisotopic (exact) mass is 512 g/mol. The predicted octanol–water partition coefficient (Wildman–Crippen LogP) is 3.56. The number of nitrogens with one attached hydrogen (secondary N) is 1. The first-order valence-corrected chi connectivity index (χ1v) is 12.7. The molecule has 2 aliphatic rings. The molecule has 4 rings (SSSR count). The number of benzene rings is 2. The van der Waals surface area contributed by atoms with E-state index in [4.69, 9.17) is 16.3 Å². The second-order valence-electron chi connectivity index (χ2n) is 10.7. The number of nitrogens with zero attached hydrogens (tertiary/aromatic N) is 1. The average molecular weight is 513 g/mol. The summed E-state index contributed by atoms with van der Waals surface area (Å²) in [5.74, 6) is -2.94. The quantitative estimate of drug-likeness (QED) is 0.470. The van der Waals surface area contributed by atoms with Gasteiger partial charge in [-0.3, -0.25) is 19.3 Å². The van der Waals surface area contributed by atoms with Gasteiger partial charge in [0.15, 0.2) is 5.78 Å². The summed E-state index contributed by atoms with van der Waals surface area (Å²) in [4.78, 5) is 41.5. The van der Waals surface area contributed by atoms with Gasteiger partial charge in [-0.05, 0) is 75.5 Å². The van der Waals surface area contributed by atoms with Gasteiger partial charge in [-0.15, -0.1) is 0 Å². The van der Waals surface area contributed by atoms with Crippen LogP contribution in [0.4, 0.5) is 0 Å². The fourth-order valence-electron chi connectivity index (χ4n) is 5.33. The molecule has 0 bridgehead atoms. The van der Waals surface area contributed by atoms with E-state index in [0.717, 1.165) is 12.1 Å². The lowest BCUT2D eigenvalue weighted by Crippen LogP contribution is -2.56. The SMILES string of the molecule is CC(C)(C)OC(=O)CNC(=O)C1C(=O)C2(CCN(Cc3ccccc3)CC2)c2ccc(Cl)cc2C1O. The smallest absolute Gasteiger partial charge is 0.325 e. The van der Waals surface area contributed by atoms with Crippen LogP contribution in [0.1, 0.15) is 56.4 Å². The zero-order valence-corrected chi connectivity index (χ0v) is 21.7. The van der Waals surface area contributed by atoms with Gasteiger partial charge in [0.1, 0.15) is 18.1 Å². The standard InChI is InChI=1S/C28H33ClN2O5/c1-27(2,3)36-22(32)16-30-26(35)23-24(33)20-15-19(29)9-10-21(20)28(25(23)34)11-13-31(14-12-28)17-18-7-5-4-6-8-18/h4-10,15,23-24,33H,11-14,16-17H2,1-3H3,(H,30,35). The summed E-state index contributed by atoms with van der Waals surface area (Å²) in [6.07, 6.45) is -0.302. The summed E-state index contributed by atoms with van der Waals surface area (Å²) in [6, 6.07) is 15.3. The molecule has 1 aliphatic carbocycles. The first-order chi connectivity index (χ1) is 17.0. The molecule has 8 heteroatoms. The number of Topliss-reactive ketones (excluding diaryl/α,β-unsaturated/α-hetero) is 1. The summed E-state index contributed by atoms with van der Waals surface area (Å²) >= 11 is 6.24. The van der Waals surface area contributed by atoms with Crippen LogP contribution in [0, 0.1) is 5.92 Å². The molecule has 7 nitrogen and oxygen atoms in total. The predicted molar refractivity (Wildman–Crippen MR) is 136 cm³/mol. The highest BCUT2D eigenvalue weighted by molar-refractivity contribution is 6.30. The van der Waals surface area contributed by atoms with Crippen molar-refractivity contribution in [1.29, 1.82) is 0 Å². The number of aliphatic hydroxyl groups is 1. The van der Waals surface area contributed by atoms with Crippen molar-refractivity contribution < 1.29 is 24.2 Å². The van der Waals surface area contributed by atoms with Crippen molar-refractivity contribution in [2.24, 2.45) is 5.92 Å². The molecule has 2 aromatic rings. The number of carbonyl (C=O) groups is 3. The van der Waals surface area contributed by atoms with Gasteiger partial charge in [0.25, 0.3) is 0 Å². The number of amides is 1. The number of ether oxygens (including phenoxy) is 1. The topological polar surface area (TPSA) is 95.9 Å². The van der Waals surface area contributed by atoms with Gasteiger partial charge in [0, 0.05) is 11.6 Å². The number of esters is 1. The normalized spacial score (nSPS) is 21.6. The maximum atomic E-state index is 14.0. The summed E-state index contributed by atoms with van der Waals surface area (Å²) in [6.45, 7) is 6.94. The number of hydrogen-bond donors (Lipinski definition) is 2. The molecule has 1 spiro atoms. The fourth-order valence-corrected chi connectivity index (χ4v) is 5.51. The third-order valence-corrected chi connectivity index (χ3v) is 7.22. The number of fused-ring (bicyclic) bond motifs is 2. The van der Waals surface area contributed by atoms with Crippen molar-refractivity contribution in [3.05, 3.63) is 70.2 Å². The minimum Gasteiger partial charge on any atom is -0.459 e. The van der Waals surface area contributed by atoms with Crippen molar-refractivity contribution in [2.75, 3.05) is 19.6 Å². The zero-order chi connectivity index (χ0) is 26.1. The van der Waals surface area contributed by atoms with Gasteiger partial charge in [-0.25, -0.2) is 0 Å². The van der Waals surface area contributed by atoms with Crippen molar-refractivity contribution in [3.8, 4) is 0 Å². The van der Waals surface area contributed by atoms with Gasteiger partial charge in [0.05, 0.1) is 11.5 Å². The molecule has 36 heavy (non-hydrogen) atoms. The molecule has 2 atom stereocenters. The number of rotatable bonds is 5. The van der Waals surface area contributed by atoms with E-state index in [1.165, 1.54) is 5.56 Å². The number of carbonyl (C=O) groups excluding carboxylic acids is 3. The van der Waals surface area contributed by atoms with Crippen LogP contribution in [0.5, 0.6) is 0 Å². The number of ketones is 1. The molecule has 2 aromatic carbocycles. The highest BCUT2D eigenvalue weighted by Crippen LogP contribution is 2.49. The Hall–Kier alpha value is -2.74. The average Bonchev–Trinajstić information content (AvgIpc) is 2.82. The highest BCUT2D eigenvalue weighted by Gasteiger charge is 2.54. The van der Waals surface area contributed by atoms with Crippen LogP contribution in [0.25, 0.3) is 0 Å². The Kier molecular flexibility index (Phi) is 7.55. The van der Waals surface area contributed by atoms with Crippen LogP contribution in [0.3, 0.4) is 0 Å². The molecular formula is C28H33ClN2O5. The minimum absolute atomic E-state index is 0.314. The maximum absolute atomic E-state index is 14.0. The van der Waals surface area contributed by atoms with E-state index >= 15 is 0 Å². The van der Waals surface area contributed by atoms with Crippen LogP contribution in [0.15, 0.2) is 48.5 Å². The van der Waals surface area contributed by atoms with E-state index in [-0.39, 0.29) is 12.3 Å². The number of piperidine rings is 1. The third-order valence-electron chi connectivity index (χ3n) is 6.99. The van der Waals surface area contributed by atoms with Crippen LogP contribution < -0.4 is 5.32 Å². The Balaban J connectivity index is 1.56. The van der Waals surface area contributed by atoms with E-state index in [2.05, 4.69) is 22.3 Å². The zero-order valence-electron chi connectivity index (χ0n) is 20.9. The summed E-state index contributed by atoms with van der Waals surface area (Å²) in [5, 5.41) is 14.1. The summed E-state index contributed by atoms with van der Waals surface area (Å²) in [7, 11) is 0. The molecule has 2 unspecified atom stereocenters.